The Morgan fingerprint density at radius 2 is 1.80 bits per heavy atom. The molecular weight excluding hydrogens is 316 g/mol. The number of likely N-dealkylation sites (tertiary alicyclic amines) is 1. The van der Waals surface area contributed by atoms with E-state index in [4.69, 9.17) is 4.74 Å². The number of carbonyl (C=O) groups is 1. The molecule has 2 aliphatic rings. The summed E-state index contributed by atoms with van der Waals surface area (Å²) in [5.41, 5.74) is 1.89. The lowest BCUT2D eigenvalue weighted by molar-refractivity contribution is -0.122. The van der Waals surface area contributed by atoms with E-state index in [-0.39, 0.29) is 5.91 Å². The molecule has 0 aliphatic carbocycles. The Morgan fingerprint density at radius 1 is 1.12 bits per heavy atom. The molecule has 6 heteroatoms. The van der Waals surface area contributed by atoms with Crippen LogP contribution in [0.25, 0.3) is 0 Å². The number of nitrogens with zero attached hydrogens (tertiary/aromatic N) is 3. The zero-order chi connectivity index (χ0) is 17.5. The molecule has 0 atom stereocenters. The first-order chi connectivity index (χ1) is 12.2. The maximum absolute atomic E-state index is 12.0. The third-order valence-corrected chi connectivity index (χ3v) is 5.38. The molecule has 0 unspecified atom stereocenters. The van der Waals surface area contributed by atoms with Gasteiger partial charge in [0.2, 0.25) is 5.91 Å². The van der Waals surface area contributed by atoms with E-state index in [2.05, 4.69) is 27.2 Å². The molecule has 2 fully saturated rings. The van der Waals surface area contributed by atoms with Gasteiger partial charge in [0.25, 0.3) is 0 Å². The van der Waals surface area contributed by atoms with E-state index < -0.39 is 0 Å². The number of piperidine rings is 1. The van der Waals surface area contributed by atoms with Crippen LogP contribution >= 0.6 is 0 Å². The van der Waals surface area contributed by atoms with Crippen molar-refractivity contribution < 1.29 is 9.53 Å². The fourth-order valence-electron chi connectivity index (χ4n) is 3.61. The Bertz CT molecular complexity index is 535. The first kappa shape index (κ1) is 18.3. The number of amides is 1. The second-order valence-corrected chi connectivity index (χ2v) is 7.49. The van der Waals surface area contributed by atoms with Crippen LogP contribution < -0.4 is 5.32 Å². The average molecular weight is 346 g/mol. The summed E-state index contributed by atoms with van der Waals surface area (Å²) in [6.45, 7) is 4.37. The van der Waals surface area contributed by atoms with Crippen LogP contribution in [0.1, 0.15) is 43.5 Å². The zero-order valence-electron chi connectivity index (χ0n) is 15.2. The Balaban J connectivity index is 1.39. The summed E-state index contributed by atoms with van der Waals surface area (Å²) in [6.07, 6.45) is 9.72. The van der Waals surface area contributed by atoms with Crippen molar-refractivity contribution in [1.29, 1.82) is 0 Å². The lowest BCUT2D eigenvalue weighted by Gasteiger charge is -2.28. The highest BCUT2D eigenvalue weighted by Crippen LogP contribution is 2.20. The fraction of sp³-hybridized carbons (Fsp3) is 0.737. The average Bonchev–Trinajstić information content (AvgIpc) is 2.64. The first-order valence-electron chi connectivity index (χ1n) is 9.52. The van der Waals surface area contributed by atoms with Gasteiger partial charge in [0.05, 0.1) is 24.1 Å². The lowest BCUT2D eigenvalue weighted by Crippen LogP contribution is -2.31. The van der Waals surface area contributed by atoms with Crippen LogP contribution in [0.15, 0.2) is 12.4 Å². The normalized spacial score (nSPS) is 20.5. The van der Waals surface area contributed by atoms with Crippen molar-refractivity contribution in [3.63, 3.8) is 0 Å². The van der Waals surface area contributed by atoms with Gasteiger partial charge in [-0.15, -0.1) is 0 Å². The van der Waals surface area contributed by atoms with Crippen LogP contribution in [0.2, 0.25) is 0 Å². The van der Waals surface area contributed by atoms with Crippen LogP contribution in [0, 0.1) is 11.8 Å². The molecule has 1 aromatic rings. The van der Waals surface area contributed by atoms with E-state index in [1.807, 2.05) is 6.20 Å². The molecule has 3 rings (SSSR count). The summed E-state index contributed by atoms with van der Waals surface area (Å²) in [5, 5.41) is 2.96. The van der Waals surface area contributed by atoms with Crippen molar-refractivity contribution in [1.82, 2.24) is 20.2 Å². The molecule has 0 bridgehead atoms. The number of rotatable bonds is 6. The van der Waals surface area contributed by atoms with Crippen molar-refractivity contribution in [2.45, 2.75) is 45.1 Å². The molecule has 2 aliphatic heterocycles. The number of nitrogens with one attached hydrogen (secondary N) is 1. The van der Waals surface area contributed by atoms with Crippen LogP contribution in [0.5, 0.6) is 0 Å². The predicted molar refractivity (Wildman–Crippen MR) is 96.0 cm³/mol. The van der Waals surface area contributed by atoms with Crippen LogP contribution in [0.3, 0.4) is 0 Å². The van der Waals surface area contributed by atoms with E-state index >= 15 is 0 Å². The molecule has 138 valence electrons. The molecule has 0 spiro atoms. The fourth-order valence-corrected chi connectivity index (χ4v) is 3.61. The number of ether oxygens (including phenoxy) is 1. The van der Waals surface area contributed by atoms with Gasteiger partial charge in [-0.2, -0.15) is 0 Å². The first-order valence-corrected chi connectivity index (χ1v) is 9.52. The van der Waals surface area contributed by atoms with Crippen molar-refractivity contribution in [3.8, 4) is 0 Å². The Labute approximate surface area is 150 Å². The van der Waals surface area contributed by atoms with Crippen molar-refractivity contribution in [2.75, 3.05) is 33.4 Å². The summed E-state index contributed by atoms with van der Waals surface area (Å²) in [6, 6.07) is 0. The van der Waals surface area contributed by atoms with Crippen LogP contribution in [0.4, 0.5) is 0 Å². The molecule has 0 saturated carbocycles. The standard InChI is InChI=1S/C19H30N4O2/c1-23-6-2-15(3-7-23)10-17-12-21-18(13-20-17)14-22-19(24)11-16-4-8-25-9-5-16/h12-13,15-16H,2-11,14H2,1H3,(H,22,24). The highest BCUT2D eigenvalue weighted by molar-refractivity contribution is 5.76. The van der Waals surface area contributed by atoms with E-state index in [0.29, 0.717) is 18.9 Å². The van der Waals surface area contributed by atoms with Gasteiger partial charge in [-0.1, -0.05) is 0 Å². The third-order valence-electron chi connectivity index (χ3n) is 5.38. The lowest BCUT2D eigenvalue weighted by atomic mass is 9.92. The molecule has 25 heavy (non-hydrogen) atoms. The third kappa shape index (κ3) is 6.04. The van der Waals surface area contributed by atoms with Crippen LogP contribution in [-0.4, -0.2) is 54.1 Å². The largest absolute Gasteiger partial charge is 0.381 e. The Hall–Kier alpha value is -1.53. The van der Waals surface area contributed by atoms with Crippen molar-refractivity contribution in [2.24, 2.45) is 11.8 Å². The van der Waals surface area contributed by atoms with Gasteiger partial charge in [0.1, 0.15) is 0 Å². The smallest absolute Gasteiger partial charge is 0.220 e. The number of hydrogen-bond donors (Lipinski definition) is 1. The minimum atomic E-state index is 0.101. The molecule has 6 nitrogen and oxygen atoms in total. The number of carbonyl (C=O) groups excluding carboxylic acids is 1. The molecule has 0 aromatic carbocycles. The highest BCUT2D eigenvalue weighted by Gasteiger charge is 2.18. The van der Waals surface area contributed by atoms with Crippen molar-refractivity contribution >= 4 is 5.91 Å². The monoisotopic (exact) mass is 346 g/mol. The predicted octanol–water partition coefficient (Wildman–Crippen LogP) is 1.79. The van der Waals surface area contributed by atoms with Crippen molar-refractivity contribution in [3.05, 3.63) is 23.8 Å². The summed E-state index contributed by atoms with van der Waals surface area (Å²) in [5.74, 6) is 1.27. The van der Waals surface area contributed by atoms with Gasteiger partial charge in [-0.05, 0) is 64.1 Å². The van der Waals surface area contributed by atoms with E-state index in [9.17, 15) is 4.79 Å². The van der Waals surface area contributed by atoms with Gasteiger partial charge in [-0.3, -0.25) is 14.8 Å². The van der Waals surface area contributed by atoms with E-state index in [0.717, 1.165) is 49.8 Å². The second kappa shape index (κ2) is 9.25. The quantitative estimate of drug-likeness (QED) is 0.851. The molecule has 3 heterocycles. The summed E-state index contributed by atoms with van der Waals surface area (Å²) in [4.78, 5) is 23.4. The molecule has 1 N–H and O–H groups in total. The molecular formula is C19H30N4O2. The summed E-state index contributed by atoms with van der Waals surface area (Å²) < 4.78 is 5.33. The SMILES string of the molecule is CN1CCC(Cc2cnc(CNC(=O)CC3CCOCC3)cn2)CC1. The van der Waals surface area contributed by atoms with Gasteiger partial charge >= 0.3 is 0 Å². The molecule has 2 saturated heterocycles. The highest BCUT2D eigenvalue weighted by atomic mass is 16.5. The Kier molecular flexibility index (Phi) is 6.76. The minimum absolute atomic E-state index is 0.101. The van der Waals surface area contributed by atoms with Gasteiger partial charge < -0.3 is 15.0 Å². The van der Waals surface area contributed by atoms with Gasteiger partial charge in [0.15, 0.2) is 0 Å². The molecule has 0 radical (unpaired) electrons. The number of hydrogen-bond acceptors (Lipinski definition) is 5. The topological polar surface area (TPSA) is 67.4 Å². The summed E-state index contributed by atoms with van der Waals surface area (Å²) in [7, 11) is 2.18. The van der Waals surface area contributed by atoms with Crippen LogP contribution in [-0.2, 0) is 22.5 Å². The molecule has 1 amide bonds. The second-order valence-electron chi connectivity index (χ2n) is 7.49. The maximum atomic E-state index is 12.0. The maximum Gasteiger partial charge on any atom is 0.220 e. The van der Waals surface area contributed by atoms with E-state index in [1.54, 1.807) is 6.20 Å². The van der Waals surface area contributed by atoms with Gasteiger partial charge in [-0.25, -0.2) is 0 Å². The number of aromatic nitrogens is 2. The Morgan fingerprint density at radius 3 is 2.48 bits per heavy atom. The van der Waals surface area contributed by atoms with Gasteiger partial charge in [0, 0.05) is 25.8 Å². The molecule has 1 aromatic heterocycles. The van der Waals surface area contributed by atoms with E-state index in [1.165, 1.54) is 25.9 Å². The zero-order valence-corrected chi connectivity index (χ0v) is 15.2. The minimum Gasteiger partial charge on any atom is -0.381 e. The summed E-state index contributed by atoms with van der Waals surface area (Å²) >= 11 is 0.